The third-order valence-electron chi connectivity index (χ3n) is 1.19. The maximum atomic E-state index is 3.76. The van der Waals surface area contributed by atoms with Crippen LogP contribution in [0.5, 0.6) is 0 Å². The van der Waals surface area contributed by atoms with Crippen LogP contribution >= 0.6 is 0 Å². The summed E-state index contributed by atoms with van der Waals surface area (Å²) in [7, 11) is 0. The van der Waals surface area contributed by atoms with Gasteiger partial charge in [-0.05, 0) is 11.0 Å². The molecule has 0 aliphatic heterocycles. The molecular formula is C6H4N3Re-. The summed E-state index contributed by atoms with van der Waals surface area (Å²) in [5.74, 6) is 0. The topological polar surface area (TPSA) is 39.9 Å². The second kappa shape index (κ2) is 2.91. The summed E-state index contributed by atoms with van der Waals surface area (Å²) in [6.07, 6.45) is 0. The molecule has 0 bridgehead atoms. The van der Waals surface area contributed by atoms with E-state index in [1.54, 1.807) is 0 Å². The number of nitrogens with zero attached hydrogens (tertiary/aromatic N) is 3. The fourth-order valence-corrected chi connectivity index (χ4v) is 0.752. The number of hydrogen-bond donors (Lipinski definition) is 0. The maximum absolute atomic E-state index is 3.76. The zero-order chi connectivity index (χ0) is 6.10. The molecule has 2 aromatic rings. The first-order valence-electron chi connectivity index (χ1n) is 2.67. The first-order valence-corrected chi connectivity index (χ1v) is 2.67. The van der Waals surface area contributed by atoms with Gasteiger partial charge < -0.3 is 10.2 Å². The molecular weight excluding hydrogens is 300 g/mol. The third kappa shape index (κ3) is 1.08. The van der Waals surface area contributed by atoms with Gasteiger partial charge in [-0.15, -0.1) is 0 Å². The van der Waals surface area contributed by atoms with E-state index in [0.717, 1.165) is 11.0 Å². The smallest absolute Gasteiger partial charge is 0 e. The normalized spacial score (nSPS) is 9.20. The van der Waals surface area contributed by atoms with Crippen molar-refractivity contribution in [2.24, 2.45) is 0 Å². The van der Waals surface area contributed by atoms with E-state index in [1.165, 1.54) is 0 Å². The molecule has 0 N–H and O–H groups in total. The van der Waals surface area contributed by atoms with Crippen LogP contribution in [0, 0.1) is 0 Å². The second-order valence-electron chi connectivity index (χ2n) is 1.78. The van der Waals surface area contributed by atoms with Crippen LogP contribution in [-0.4, -0.2) is 10.3 Å². The second-order valence-corrected chi connectivity index (χ2v) is 1.78. The van der Waals surface area contributed by atoms with Gasteiger partial charge in [0, 0.05) is 20.4 Å². The zero-order valence-corrected chi connectivity index (χ0v) is 7.74. The van der Waals surface area contributed by atoms with Crippen molar-refractivity contribution >= 4 is 11.0 Å². The SMILES string of the molecule is [Re].c1ccc2[n-]nnc2c1. The summed E-state index contributed by atoms with van der Waals surface area (Å²) in [6, 6.07) is 7.60. The standard InChI is InChI=1S/C6H4N3.Re/c1-2-4-6-5(3-1)7-9-8-6;/h1-4H;/q-1;. The average molecular weight is 304 g/mol. The molecule has 1 heterocycles. The van der Waals surface area contributed by atoms with E-state index in [4.69, 9.17) is 0 Å². The summed E-state index contributed by atoms with van der Waals surface area (Å²) in [4.78, 5) is 0. The summed E-state index contributed by atoms with van der Waals surface area (Å²) in [5.41, 5.74) is 1.72. The van der Waals surface area contributed by atoms with E-state index < -0.39 is 0 Å². The van der Waals surface area contributed by atoms with E-state index in [1.807, 2.05) is 24.3 Å². The predicted molar refractivity (Wildman–Crippen MR) is 32.9 cm³/mol. The van der Waals surface area contributed by atoms with Crippen molar-refractivity contribution in [2.45, 2.75) is 0 Å². The maximum Gasteiger partial charge on any atom is 0 e. The Balaban J connectivity index is 0.000000500. The van der Waals surface area contributed by atoms with Gasteiger partial charge in [0.15, 0.2) is 0 Å². The summed E-state index contributed by atoms with van der Waals surface area (Å²) >= 11 is 0. The Morgan fingerprint density at radius 3 is 2.80 bits per heavy atom. The van der Waals surface area contributed by atoms with Gasteiger partial charge in [0.1, 0.15) is 0 Å². The van der Waals surface area contributed by atoms with Crippen LogP contribution in [-0.2, 0) is 20.4 Å². The average Bonchev–Trinajstić information content (AvgIpc) is 2.33. The molecule has 0 saturated carbocycles. The van der Waals surface area contributed by atoms with Crippen molar-refractivity contribution in [3.05, 3.63) is 24.3 Å². The van der Waals surface area contributed by atoms with Crippen LogP contribution in [0.2, 0.25) is 0 Å². The minimum atomic E-state index is 0. The molecule has 2 rings (SSSR count). The predicted octanol–water partition coefficient (Wildman–Crippen LogP) is 0.584. The largest absolute Gasteiger partial charge is 0.350 e. The first kappa shape index (κ1) is 7.39. The minimum Gasteiger partial charge on any atom is -0.350 e. The fraction of sp³-hybridized carbons (Fsp3) is 0. The van der Waals surface area contributed by atoms with E-state index in [-0.39, 0.29) is 20.4 Å². The molecule has 1 aromatic heterocycles. The van der Waals surface area contributed by atoms with Gasteiger partial charge in [0.05, 0.1) is 0 Å². The van der Waals surface area contributed by atoms with Crippen LogP contribution in [0.15, 0.2) is 24.3 Å². The van der Waals surface area contributed by atoms with Crippen molar-refractivity contribution in [2.75, 3.05) is 0 Å². The Hall–Kier alpha value is -0.718. The van der Waals surface area contributed by atoms with Crippen molar-refractivity contribution in [3.63, 3.8) is 0 Å². The number of aromatic nitrogens is 3. The molecule has 4 heteroatoms. The molecule has 0 saturated heterocycles. The summed E-state index contributed by atoms with van der Waals surface area (Å²) in [6.45, 7) is 0. The van der Waals surface area contributed by atoms with Crippen LogP contribution < -0.4 is 5.10 Å². The molecule has 0 fully saturated rings. The van der Waals surface area contributed by atoms with Gasteiger partial charge in [-0.3, -0.25) is 5.21 Å². The van der Waals surface area contributed by atoms with E-state index in [0.29, 0.717) is 0 Å². The molecule has 0 aliphatic carbocycles. The number of rotatable bonds is 0. The van der Waals surface area contributed by atoms with Gasteiger partial charge in [0.2, 0.25) is 0 Å². The number of benzene rings is 1. The Bertz CT molecular complexity index is 287. The van der Waals surface area contributed by atoms with Crippen LogP contribution in [0.3, 0.4) is 0 Å². The molecule has 3 nitrogen and oxygen atoms in total. The zero-order valence-electron chi connectivity index (χ0n) is 5.03. The quantitative estimate of drug-likeness (QED) is 0.715. The van der Waals surface area contributed by atoms with Crippen molar-refractivity contribution in [3.8, 4) is 0 Å². The van der Waals surface area contributed by atoms with Gasteiger partial charge in [-0.1, -0.05) is 24.3 Å². The van der Waals surface area contributed by atoms with Crippen molar-refractivity contribution in [1.82, 2.24) is 15.4 Å². The molecule has 0 unspecified atom stereocenters. The molecule has 51 valence electrons. The van der Waals surface area contributed by atoms with Gasteiger partial charge in [0.25, 0.3) is 0 Å². The minimum absolute atomic E-state index is 0. The van der Waals surface area contributed by atoms with E-state index in [2.05, 4.69) is 15.4 Å². The van der Waals surface area contributed by atoms with Gasteiger partial charge in [-0.25, -0.2) is 0 Å². The monoisotopic (exact) mass is 305 g/mol. The Labute approximate surface area is 71.5 Å². The van der Waals surface area contributed by atoms with Crippen molar-refractivity contribution in [1.29, 1.82) is 0 Å². The number of hydrogen-bond acceptors (Lipinski definition) is 2. The van der Waals surface area contributed by atoms with E-state index >= 15 is 0 Å². The Morgan fingerprint density at radius 2 is 2.00 bits per heavy atom. The molecule has 0 atom stereocenters. The van der Waals surface area contributed by atoms with Crippen LogP contribution in [0.25, 0.3) is 11.0 Å². The molecule has 0 spiro atoms. The molecule has 1 aromatic carbocycles. The third-order valence-corrected chi connectivity index (χ3v) is 1.19. The van der Waals surface area contributed by atoms with Crippen molar-refractivity contribution < 1.29 is 20.4 Å². The van der Waals surface area contributed by atoms with Crippen LogP contribution in [0.1, 0.15) is 0 Å². The Kier molecular flexibility index (Phi) is 2.15. The molecule has 10 heavy (non-hydrogen) atoms. The summed E-state index contributed by atoms with van der Waals surface area (Å²) < 4.78 is 0. The van der Waals surface area contributed by atoms with Gasteiger partial charge >= 0.3 is 0 Å². The molecule has 0 aliphatic rings. The first-order chi connectivity index (χ1) is 4.47. The molecule has 0 amide bonds. The Morgan fingerprint density at radius 1 is 1.20 bits per heavy atom. The molecule has 1 radical (unpaired) electrons. The summed E-state index contributed by atoms with van der Waals surface area (Å²) in [5, 5.41) is 11.0. The van der Waals surface area contributed by atoms with Crippen LogP contribution in [0.4, 0.5) is 0 Å². The van der Waals surface area contributed by atoms with E-state index in [9.17, 15) is 0 Å². The number of fused-ring (bicyclic) bond motifs is 1. The fourth-order valence-electron chi connectivity index (χ4n) is 0.752. The van der Waals surface area contributed by atoms with Gasteiger partial charge in [-0.2, -0.15) is 0 Å².